The summed E-state index contributed by atoms with van der Waals surface area (Å²) in [6.45, 7) is 1.38. The molecule has 0 unspecified atom stereocenters. The number of carbonyl (C=O) groups is 1. The lowest BCUT2D eigenvalue weighted by Crippen LogP contribution is -2.16. The molecule has 0 saturated carbocycles. The molecule has 1 rings (SSSR count). The molecule has 0 aromatic heterocycles. The van der Waals surface area contributed by atoms with Crippen LogP contribution in [0.2, 0.25) is 0 Å². The Bertz CT molecular complexity index is 376. The van der Waals surface area contributed by atoms with Crippen LogP contribution in [0, 0.1) is 0 Å². The number of benzene rings is 1. The third-order valence-electron chi connectivity index (χ3n) is 2.66. The topological polar surface area (TPSA) is 59.0 Å². The van der Waals surface area contributed by atoms with Crippen molar-refractivity contribution in [3.63, 3.8) is 0 Å². The van der Waals surface area contributed by atoms with Crippen LogP contribution >= 0.6 is 0 Å². The van der Waals surface area contributed by atoms with E-state index in [2.05, 4.69) is 9.79 Å². The molecule has 0 atom stereocenters. The van der Waals surface area contributed by atoms with Crippen LogP contribution in [0.3, 0.4) is 0 Å². The van der Waals surface area contributed by atoms with E-state index in [-0.39, 0.29) is 5.97 Å². The van der Waals surface area contributed by atoms with Crippen molar-refractivity contribution < 1.29 is 19.7 Å². The standard InChI is InChI=1S/C14H21NO4/c1-15(2)10-3-11-18-14(16)9-6-12-4-7-13(19-17)8-5-12/h4-5,7-8,17H,3,6,9-11H2,1-2H3. The van der Waals surface area contributed by atoms with Crippen LogP contribution in [0.1, 0.15) is 18.4 Å². The third kappa shape index (κ3) is 6.79. The Morgan fingerprint density at radius 1 is 1.26 bits per heavy atom. The first-order chi connectivity index (χ1) is 9.11. The number of ether oxygens (including phenoxy) is 1. The lowest BCUT2D eigenvalue weighted by molar-refractivity contribution is -0.143. The zero-order valence-electron chi connectivity index (χ0n) is 11.5. The van der Waals surface area contributed by atoms with Crippen LogP contribution in [0.5, 0.6) is 5.75 Å². The highest BCUT2D eigenvalue weighted by Crippen LogP contribution is 2.12. The quantitative estimate of drug-likeness (QED) is 0.338. The van der Waals surface area contributed by atoms with Crippen molar-refractivity contribution in [2.24, 2.45) is 0 Å². The summed E-state index contributed by atoms with van der Waals surface area (Å²) in [6, 6.07) is 6.92. The summed E-state index contributed by atoms with van der Waals surface area (Å²) >= 11 is 0. The van der Waals surface area contributed by atoms with Crippen molar-refractivity contribution in [3.05, 3.63) is 29.8 Å². The minimum atomic E-state index is -0.179. The summed E-state index contributed by atoms with van der Waals surface area (Å²) in [6.07, 6.45) is 1.83. The van der Waals surface area contributed by atoms with E-state index in [0.29, 0.717) is 25.2 Å². The van der Waals surface area contributed by atoms with Crippen LogP contribution in [-0.2, 0) is 16.0 Å². The van der Waals surface area contributed by atoms with Gasteiger partial charge in [-0.3, -0.25) is 4.79 Å². The Balaban J connectivity index is 2.18. The van der Waals surface area contributed by atoms with Gasteiger partial charge in [0, 0.05) is 13.0 Å². The fourth-order valence-corrected chi connectivity index (χ4v) is 1.60. The molecule has 1 N–H and O–H groups in total. The second-order valence-electron chi connectivity index (χ2n) is 4.61. The van der Waals surface area contributed by atoms with Gasteiger partial charge >= 0.3 is 5.97 Å². The van der Waals surface area contributed by atoms with Crippen molar-refractivity contribution >= 4 is 5.97 Å². The number of carbonyl (C=O) groups excluding carboxylic acids is 1. The SMILES string of the molecule is CN(C)CCCOC(=O)CCc1ccc(OO)cc1. The average molecular weight is 267 g/mol. The van der Waals surface area contributed by atoms with Gasteiger partial charge in [-0.25, -0.2) is 5.26 Å². The lowest BCUT2D eigenvalue weighted by Gasteiger charge is -2.09. The highest BCUT2D eigenvalue weighted by atomic mass is 17.1. The van der Waals surface area contributed by atoms with Crippen molar-refractivity contribution in [3.8, 4) is 5.75 Å². The number of aryl methyl sites for hydroxylation is 1. The maximum atomic E-state index is 11.5. The van der Waals surface area contributed by atoms with E-state index in [0.717, 1.165) is 18.5 Å². The molecule has 19 heavy (non-hydrogen) atoms. The van der Waals surface area contributed by atoms with Gasteiger partial charge in [-0.1, -0.05) is 12.1 Å². The number of hydrogen-bond donors (Lipinski definition) is 1. The molecule has 5 heteroatoms. The second-order valence-corrected chi connectivity index (χ2v) is 4.61. The predicted molar refractivity (Wildman–Crippen MR) is 72.1 cm³/mol. The summed E-state index contributed by atoms with van der Waals surface area (Å²) in [4.78, 5) is 17.6. The van der Waals surface area contributed by atoms with Crippen molar-refractivity contribution in [2.75, 3.05) is 27.2 Å². The van der Waals surface area contributed by atoms with E-state index >= 15 is 0 Å². The zero-order chi connectivity index (χ0) is 14.1. The van der Waals surface area contributed by atoms with E-state index in [9.17, 15) is 4.79 Å². The van der Waals surface area contributed by atoms with Gasteiger partial charge in [0.2, 0.25) is 0 Å². The smallest absolute Gasteiger partial charge is 0.306 e. The van der Waals surface area contributed by atoms with E-state index < -0.39 is 0 Å². The molecule has 1 aromatic rings. The molecule has 0 spiro atoms. The molecule has 0 radical (unpaired) electrons. The van der Waals surface area contributed by atoms with Crippen molar-refractivity contribution in [1.29, 1.82) is 0 Å². The molecule has 106 valence electrons. The third-order valence-corrected chi connectivity index (χ3v) is 2.66. The van der Waals surface area contributed by atoms with Gasteiger partial charge in [0.25, 0.3) is 0 Å². The molecule has 1 aromatic carbocycles. The van der Waals surface area contributed by atoms with Gasteiger partial charge in [-0.15, -0.1) is 0 Å². The van der Waals surface area contributed by atoms with E-state index in [4.69, 9.17) is 9.99 Å². The molecule has 0 aliphatic carbocycles. The van der Waals surface area contributed by atoms with Crippen LogP contribution in [0.25, 0.3) is 0 Å². The average Bonchev–Trinajstić information content (AvgIpc) is 2.41. The number of rotatable bonds is 8. The Morgan fingerprint density at radius 2 is 1.95 bits per heavy atom. The molecular weight excluding hydrogens is 246 g/mol. The first-order valence-corrected chi connectivity index (χ1v) is 6.32. The molecule has 0 bridgehead atoms. The highest BCUT2D eigenvalue weighted by Gasteiger charge is 2.04. The molecule has 0 heterocycles. The molecule has 0 aliphatic rings. The van der Waals surface area contributed by atoms with Crippen LogP contribution < -0.4 is 4.89 Å². The number of hydrogen-bond acceptors (Lipinski definition) is 5. The predicted octanol–water partition coefficient (Wildman–Crippen LogP) is 1.97. The fourth-order valence-electron chi connectivity index (χ4n) is 1.60. The van der Waals surface area contributed by atoms with Gasteiger partial charge in [0.05, 0.1) is 6.61 Å². The summed E-state index contributed by atoms with van der Waals surface area (Å²) < 4.78 is 5.13. The van der Waals surface area contributed by atoms with Crippen LogP contribution in [-0.4, -0.2) is 43.4 Å². The molecule has 5 nitrogen and oxygen atoms in total. The van der Waals surface area contributed by atoms with Gasteiger partial charge in [-0.2, -0.15) is 0 Å². The summed E-state index contributed by atoms with van der Waals surface area (Å²) in [5.41, 5.74) is 1.01. The first-order valence-electron chi connectivity index (χ1n) is 6.32. The van der Waals surface area contributed by atoms with Crippen LogP contribution in [0.4, 0.5) is 0 Å². The molecule has 0 fully saturated rings. The Morgan fingerprint density at radius 3 is 2.53 bits per heavy atom. The van der Waals surface area contributed by atoms with E-state index in [1.165, 1.54) is 0 Å². The Labute approximate surface area is 113 Å². The lowest BCUT2D eigenvalue weighted by atomic mass is 10.1. The van der Waals surface area contributed by atoms with E-state index in [1.54, 1.807) is 12.1 Å². The maximum absolute atomic E-state index is 11.5. The Hall–Kier alpha value is -1.59. The monoisotopic (exact) mass is 267 g/mol. The summed E-state index contributed by atoms with van der Waals surface area (Å²) in [7, 11) is 3.98. The minimum Gasteiger partial charge on any atom is -0.466 e. The Kier molecular flexibility index (Phi) is 6.92. The van der Waals surface area contributed by atoms with Gasteiger partial charge < -0.3 is 14.5 Å². The molecule has 0 aliphatic heterocycles. The number of nitrogens with zero attached hydrogens (tertiary/aromatic N) is 1. The number of esters is 1. The molecule has 0 amide bonds. The maximum Gasteiger partial charge on any atom is 0.306 e. The molecule has 0 saturated heterocycles. The first kappa shape index (κ1) is 15.5. The van der Waals surface area contributed by atoms with Gasteiger partial charge in [-0.05, 0) is 44.6 Å². The highest BCUT2D eigenvalue weighted by molar-refractivity contribution is 5.69. The summed E-state index contributed by atoms with van der Waals surface area (Å²) in [5, 5.41) is 8.43. The second kappa shape index (κ2) is 8.50. The van der Waals surface area contributed by atoms with Gasteiger partial charge in [0.15, 0.2) is 5.75 Å². The molecular formula is C14H21NO4. The van der Waals surface area contributed by atoms with Crippen molar-refractivity contribution in [1.82, 2.24) is 4.90 Å². The van der Waals surface area contributed by atoms with Gasteiger partial charge in [0.1, 0.15) is 0 Å². The van der Waals surface area contributed by atoms with Crippen LogP contribution in [0.15, 0.2) is 24.3 Å². The fraction of sp³-hybridized carbons (Fsp3) is 0.500. The van der Waals surface area contributed by atoms with E-state index in [1.807, 2.05) is 26.2 Å². The minimum absolute atomic E-state index is 0.179. The largest absolute Gasteiger partial charge is 0.466 e. The summed E-state index contributed by atoms with van der Waals surface area (Å²) in [5.74, 6) is 0.205. The van der Waals surface area contributed by atoms with Crippen molar-refractivity contribution in [2.45, 2.75) is 19.3 Å². The zero-order valence-corrected chi connectivity index (χ0v) is 11.5. The normalized spacial score (nSPS) is 10.5.